The molecule has 0 radical (unpaired) electrons. The van der Waals surface area contributed by atoms with Gasteiger partial charge in [0.15, 0.2) is 0 Å². The van der Waals surface area contributed by atoms with Crippen molar-refractivity contribution in [3.8, 4) is 0 Å². The van der Waals surface area contributed by atoms with Crippen molar-refractivity contribution in [3.05, 3.63) is 11.4 Å². The van der Waals surface area contributed by atoms with Crippen molar-refractivity contribution >= 4 is 11.6 Å². The summed E-state index contributed by atoms with van der Waals surface area (Å²) in [7, 11) is 0. The number of unbranched alkanes of at least 4 members (excludes halogenated alkanes) is 3. The average molecular weight is 294 g/mol. The van der Waals surface area contributed by atoms with E-state index in [1.54, 1.807) is 0 Å². The molecule has 120 valence electrons. The summed E-state index contributed by atoms with van der Waals surface area (Å²) < 4.78 is 0. The van der Waals surface area contributed by atoms with Gasteiger partial charge in [-0.1, -0.05) is 19.8 Å². The number of aryl methyl sites for hydroxylation is 1. The molecule has 0 atom stereocenters. The molecule has 0 saturated heterocycles. The summed E-state index contributed by atoms with van der Waals surface area (Å²) in [6, 6.07) is 0. The van der Waals surface area contributed by atoms with E-state index in [9.17, 15) is 0 Å². The standard InChI is InChI=1S/C16H30N4O/c1-4-10-14-19-15(17-5-2)13(3)16(20-14)18-11-8-6-7-9-12-21/h21H,4-12H2,1-3H3,(H2,17,18,19,20). The Morgan fingerprint density at radius 3 is 2.24 bits per heavy atom. The molecule has 5 heteroatoms. The number of rotatable bonds is 11. The Hall–Kier alpha value is -1.36. The normalized spacial score (nSPS) is 10.7. The van der Waals surface area contributed by atoms with Gasteiger partial charge in [0.2, 0.25) is 0 Å². The summed E-state index contributed by atoms with van der Waals surface area (Å²) in [4.78, 5) is 9.23. The molecule has 1 rings (SSSR count). The number of anilines is 2. The van der Waals surface area contributed by atoms with E-state index < -0.39 is 0 Å². The Morgan fingerprint density at radius 1 is 0.952 bits per heavy atom. The van der Waals surface area contributed by atoms with E-state index in [-0.39, 0.29) is 0 Å². The lowest BCUT2D eigenvalue weighted by Gasteiger charge is -2.14. The lowest BCUT2D eigenvalue weighted by Crippen LogP contribution is -2.12. The van der Waals surface area contributed by atoms with Gasteiger partial charge in [-0.15, -0.1) is 0 Å². The van der Waals surface area contributed by atoms with Crippen LogP contribution in [0.1, 0.15) is 57.3 Å². The number of aromatic nitrogens is 2. The number of nitrogens with one attached hydrogen (secondary N) is 2. The fraction of sp³-hybridized carbons (Fsp3) is 0.750. The van der Waals surface area contributed by atoms with Gasteiger partial charge in [-0.2, -0.15) is 0 Å². The fourth-order valence-electron chi connectivity index (χ4n) is 2.21. The second-order valence-electron chi connectivity index (χ2n) is 5.31. The summed E-state index contributed by atoms with van der Waals surface area (Å²) in [6.45, 7) is 8.36. The molecule has 0 amide bonds. The molecule has 0 aliphatic heterocycles. The van der Waals surface area contributed by atoms with Gasteiger partial charge in [-0.3, -0.25) is 0 Å². The maximum absolute atomic E-state index is 8.76. The minimum absolute atomic E-state index is 0.296. The van der Waals surface area contributed by atoms with E-state index in [1.165, 1.54) is 0 Å². The number of hydrogen-bond acceptors (Lipinski definition) is 5. The maximum atomic E-state index is 8.76. The zero-order chi connectivity index (χ0) is 15.5. The Balaban J connectivity index is 2.61. The van der Waals surface area contributed by atoms with Crippen molar-refractivity contribution in [1.29, 1.82) is 0 Å². The van der Waals surface area contributed by atoms with E-state index in [4.69, 9.17) is 5.11 Å². The highest BCUT2D eigenvalue weighted by Gasteiger charge is 2.09. The van der Waals surface area contributed by atoms with Crippen LogP contribution in [0.5, 0.6) is 0 Å². The van der Waals surface area contributed by atoms with Crippen molar-refractivity contribution < 1.29 is 5.11 Å². The Labute approximate surface area is 128 Å². The molecule has 1 heterocycles. The molecule has 0 saturated carbocycles. The molecular weight excluding hydrogens is 264 g/mol. The Kier molecular flexibility index (Phi) is 8.74. The summed E-state index contributed by atoms with van der Waals surface area (Å²) in [5.74, 6) is 2.80. The molecular formula is C16H30N4O. The van der Waals surface area contributed by atoms with Crippen LogP contribution in [0.25, 0.3) is 0 Å². The lowest BCUT2D eigenvalue weighted by atomic mass is 10.2. The largest absolute Gasteiger partial charge is 0.396 e. The van der Waals surface area contributed by atoms with Crippen LogP contribution in [0.3, 0.4) is 0 Å². The van der Waals surface area contributed by atoms with Crippen LogP contribution in [-0.4, -0.2) is 34.8 Å². The monoisotopic (exact) mass is 294 g/mol. The quantitative estimate of drug-likeness (QED) is 0.547. The molecule has 0 aliphatic rings. The lowest BCUT2D eigenvalue weighted by molar-refractivity contribution is 0.283. The maximum Gasteiger partial charge on any atom is 0.134 e. The van der Waals surface area contributed by atoms with E-state index in [2.05, 4.69) is 41.4 Å². The SMILES string of the molecule is CCCc1nc(NCC)c(C)c(NCCCCCCO)n1. The van der Waals surface area contributed by atoms with Gasteiger partial charge in [0, 0.05) is 31.7 Å². The molecule has 1 aromatic heterocycles. The van der Waals surface area contributed by atoms with Crippen molar-refractivity contribution in [2.24, 2.45) is 0 Å². The minimum Gasteiger partial charge on any atom is -0.396 e. The molecule has 0 unspecified atom stereocenters. The third-order valence-corrected chi connectivity index (χ3v) is 3.39. The van der Waals surface area contributed by atoms with Gasteiger partial charge in [0.05, 0.1) is 0 Å². The van der Waals surface area contributed by atoms with E-state index in [1.807, 2.05) is 0 Å². The van der Waals surface area contributed by atoms with Crippen molar-refractivity contribution in [2.75, 3.05) is 30.3 Å². The van der Waals surface area contributed by atoms with Crippen molar-refractivity contribution in [2.45, 2.75) is 59.3 Å². The van der Waals surface area contributed by atoms with Gasteiger partial charge in [-0.25, -0.2) is 9.97 Å². The van der Waals surface area contributed by atoms with E-state index >= 15 is 0 Å². The molecule has 21 heavy (non-hydrogen) atoms. The smallest absolute Gasteiger partial charge is 0.134 e. The number of aliphatic hydroxyl groups is 1. The Bertz CT molecular complexity index is 410. The second-order valence-corrected chi connectivity index (χ2v) is 5.31. The highest BCUT2D eigenvalue weighted by Crippen LogP contribution is 2.20. The molecule has 0 aromatic carbocycles. The van der Waals surface area contributed by atoms with Crippen molar-refractivity contribution in [1.82, 2.24) is 9.97 Å². The van der Waals surface area contributed by atoms with Crippen LogP contribution >= 0.6 is 0 Å². The first-order chi connectivity index (χ1) is 10.2. The zero-order valence-electron chi connectivity index (χ0n) is 13.7. The molecule has 0 spiro atoms. The third kappa shape index (κ3) is 6.29. The number of hydrogen-bond donors (Lipinski definition) is 3. The Morgan fingerprint density at radius 2 is 1.62 bits per heavy atom. The van der Waals surface area contributed by atoms with Gasteiger partial charge >= 0.3 is 0 Å². The van der Waals surface area contributed by atoms with Gasteiger partial charge in [0.1, 0.15) is 17.5 Å². The van der Waals surface area contributed by atoms with Crippen molar-refractivity contribution in [3.63, 3.8) is 0 Å². The van der Waals surface area contributed by atoms with E-state index in [0.29, 0.717) is 6.61 Å². The molecule has 0 aliphatic carbocycles. The number of nitrogens with zero attached hydrogens (tertiary/aromatic N) is 2. The predicted molar refractivity (Wildman–Crippen MR) is 89.0 cm³/mol. The minimum atomic E-state index is 0.296. The molecule has 0 bridgehead atoms. The molecule has 5 nitrogen and oxygen atoms in total. The summed E-state index contributed by atoms with van der Waals surface area (Å²) >= 11 is 0. The predicted octanol–water partition coefficient (Wildman–Crippen LogP) is 3.13. The average Bonchev–Trinajstić information content (AvgIpc) is 2.47. The second kappa shape index (κ2) is 10.4. The summed E-state index contributed by atoms with van der Waals surface area (Å²) in [5, 5.41) is 15.5. The highest BCUT2D eigenvalue weighted by atomic mass is 16.2. The van der Waals surface area contributed by atoms with Crippen LogP contribution in [0, 0.1) is 6.92 Å². The fourth-order valence-corrected chi connectivity index (χ4v) is 2.21. The first-order valence-corrected chi connectivity index (χ1v) is 8.19. The molecule has 0 fully saturated rings. The number of aliphatic hydroxyl groups excluding tert-OH is 1. The van der Waals surface area contributed by atoms with Gasteiger partial charge < -0.3 is 15.7 Å². The van der Waals surface area contributed by atoms with Gasteiger partial charge in [0.25, 0.3) is 0 Å². The first kappa shape index (κ1) is 17.7. The van der Waals surface area contributed by atoms with Crippen LogP contribution in [0.2, 0.25) is 0 Å². The highest BCUT2D eigenvalue weighted by molar-refractivity contribution is 5.57. The third-order valence-electron chi connectivity index (χ3n) is 3.39. The van der Waals surface area contributed by atoms with Gasteiger partial charge in [-0.05, 0) is 33.1 Å². The zero-order valence-corrected chi connectivity index (χ0v) is 13.7. The van der Waals surface area contributed by atoms with E-state index in [0.717, 1.165) is 74.6 Å². The van der Waals surface area contributed by atoms with Crippen LogP contribution in [0.4, 0.5) is 11.6 Å². The van der Waals surface area contributed by atoms with Crippen LogP contribution < -0.4 is 10.6 Å². The van der Waals surface area contributed by atoms with Crippen LogP contribution in [-0.2, 0) is 6.42 Å². The molecule has 1 aromatic rings. The van der Waals surface area contributed by atoms with Crippen LogP contribution in [0.15, 0.2) is 0 Å². The summed E-state index contributed by atoms with van der Waals surface area (Å²) in [6.07, 6.45) is 6.18. The summed E-state index contributed by atoms with van der Waals surface area (Å²) in [5.41, 5.74) is 1.09. The first-order valence-electron chi connectivity index (χ1n) is 8.19. The molecule has 3 N–H and O–H groups in total. The topological polar surface area (TPSA) is 70.1 Å².